The first kappa shape index (κ1) is 42.6. The van der Waals surface area contributed by atoms with Crippen molar-refractivity contribution in [3.05, 3.63) is 0 Å². The van der Waals surface area contributed by atoms with E-state index >= 15 is 0 Å². The van der Waals surface area contributed by atoms with E-state index in [0.717, 1.165) is 0 Å². The second kappa shape index (κ2) is 21.9. The van der Waals surface area contributed by atoms with Crippen LogP contribution in [0.2, 0.25) is 0 Å². The van der Waals surface area contributed by atoms with Crippen molar-refractivity contribution in [2.24, 2.45) is 0 Å². The van der Waals surface area contributed by atoms with Crippen molar-refractivity contribution in [1.29, 1.82) is 0 Å². The zero-order valence-electron chi connectivity index (χ0n) is 1.60. The van der Waals surface area contributed by atoms with Crippen molar-refractivity contribution >= 4 is 27.0 Å². The summed E-state index contributed by atoms with van der Waals surface area (Å²) in [6.45, 7) is 0. The molecule has 0 atom stereocenters. The quantitative estimate of drug-likeness (QED) is 0.277. The zero-order chi connectivity index (χ0) is 0. The molecule has 0 saturated heterocycles. The average Bonchev–Trinajstić information content (AvgIpc) is 0. The average molecular weight is 178 g/mol. The Morgan fingerprint density at radius 2 is 0.750 bits per heavy atom. The Morgan fingerprint density at radius 3 is 0.750 bits per heavy atom. The number of hydrogen-bond donors (Lipinski definition) is 0. The molecule has 0 amide bonds. The monoisotopic (exact) mass is 178 g/mol. The fourth-order valence-electron chi connectivity index (χ4n) is 0. The summed E-state index contributed by atoms with van der Waals surface area (Å²) < 4.78 is 0. The molecular formula is H2Fe2S2+. The molecule has 0 rings (SSSR count). The van der Waals surface area contributed by atoms with Gasteiger partial charge in [0, 0.05) is 17.1 Å². The van der Waals surface area contributed by atoms with E-state index in [9.17, 15) is 0 Å². The molecule has 0 aliphatic rings. The van der Waals surface area contributed by atoms with Gasteiger partial charge in [0.05, 0.1) is 0 Å². The Balaban J connectivity index is 0. The Hall–Kier alpha value is 1.74. The number of thiol groups is 2. The van der Waals surface area contributed by atoms with E-state index in [2.05, 4.69) is 0 Å². The maximum atomic E-state index is 0. The fourth-order valence-corrected chi connectivity index (χ4v) is 0. The van der Waals surface area contributed by atoms with Gasteiger partial charge in [-0.3, -0.25) is 0 Å². The van der Waals surface area contributed by atoms with Gasteiger partial charge < -0.3 is 27.0 Å². The Kier molecular flexibility index (Phi) is 233. The molecule has 0 N–H and O–H groups in total. The van der Waals surface area contributed by atoms with E-state index in [-0.39, 0.29) is 61.1 Å². The van der Waals surface area contributed by atoms with Gasteiger partial charge in [0.15, 0.2) is 0 Å². The molecule has 0 saturated carbocycles. The van der Waals surface area contributed by atoms with E-state index in [4.69, 9.17) is 0 Å². The second-order valence-electron chi connectivity index (χ2n) is 0. The van der Waals surface area contributed by atoms with Gasteiger partial charge in [-0.1, -0.05) is 0 Å². The molecule has 0 unspecified atom stereocenters. The molecule has 0 bridgehead atoms. The Labute approximate surface area is 60.9 Å². The fraction of sp³-hybridized carbons (Fsp3) is 0. The molecule has 0 aromatic carbocycles. The molecule has 29 valence electrons. The van der Waals surface area contributed by atoms with Gasteiger partial charge in [-0.2, -0.15) is 0 Å². The topological polar surface area (TPSA) is 0 Å². The van der Waals surface area contributed by atoms with Gasteiger partial charge in [0.1, 0.15) is 0 Å². The minimum Gasteiger partial charge on any atom is -0.813 e. The van der Waals surface area contributed by atoms with Crippen LogP contribution in [0.15, 0.2) is 0 Å². The molecule has 0 aromatic rings. The Morgan fingerprint density at radius 1 is 0.750 bits per heavy atom. The van der Waals surface area contributed by atoms with E-state index in [0.29, 0.717) is 0 Å². The van der Waals surface area contributed by atoms with Crippen LogP contribution in [0.1, 0.15) is 0 Å². The molecule has 0 aliphatic heterocycles. The summed E-state index contributed by atoms with van der Waals surface area (Å²) in [6, 6.07) is 0. The molecule has 0 nitrogen and oxygen atoms in total. The summed E-state index contributed by atoms with van der Waals surface area (Å²) >= 11 is 0. The van der Waals surface area contributed by atoms with Crippen molar-refractivity contribution in [2.45, 2.75) is 0 Å². The van der Waals surface area contributed by atoms with Crippen LogP contribution in [0.25, 0.3) is 0 Å². The SMILES string of the molecule is [Fe+3].[Fe].[SH-].[SH-]. The Bertz CT molecular complexity index is 4.00. The van der Waals surface area contributed by atoms with Crippen LogP contribution in [0.3, 0.4) is 0 Å². The van der Waals surface area contributed by atoms with Crippen molar-refractivity contribution in [1.82, 2.24) is 0 Å². The van der Waals surface area contributed by atoms with Crippen LogP contribution in [0.4, 0.5) is 0 Å². The molecule has 0 heterocycles. The molecular weight excluding hydrogens is 176 g/mol. The van der Waals surface area contributed by atoms with E-state index in [1.54, 1.807) is 0 Å². The van der Waals surface area contributed by atoms with Gasteiger partial charge in [-0.05, 0) is 0 Å². The van der Waals surface area contributed by atoms with Crippen LogP contribution < -0.4 is 0 Å². The summed E-state index contributed by atoms with van der Waals surface area (Å²) in [6.07, 6.45) is 0. The van der Waals surface area contributed by atoms with Gasteiger partial charge in [-0.15, -0.1) is 0 Å². The summed E-state index contributed by atoms with van der Waals surface area (Å²) in [5.41, 5.74) is 0. The van der Waals surface area contributed by atoms with E-state index in [1.165, 1.54) is 0 Å². The predicted octanol–water partition coefficient (Wildman–Crippen LogP) is -0.545. The van der Waals surface area contributed by atoms with E-state index < -0.39 is 0 Å². The first-order valence-corrected chi connectivity index (χ1v) is 0. The van der Waals surface area contributed by atoms with Gasteiger partial charge in [0.25, 0.3) is 0 Å². The smallest absolute Gasteiger partial charge is 0.813 e. The maximum Gasteiger partial charge on any atom is 3.00 e. The van der Waals surface area contributed by atoms with Crippen molar-refractivity contribution in [3.8, 4) is 0 Å². The summed E-state index contributed by atoms with van der Waals surface area (Å²) in [5, 5.41) is 0. The minimum absolute atomic E-state index is 0. The van der Waals surface area contributed by atoms with Crippen LogP contribution in [0.5, 0.6) is 0 Å². The molecule has 0 aromatic heterocycles. The first-order valence-electron chi connectivity index (χ1n) is 0. The van der Waals surface area contributed by atoms with Crippen LogP contribution in [-0.2, 0) is 61.1 Å². The van der Waals surface area contributed by atoms with Crippen LogP contribution in [0, 0.1) is 0 Å². The van der Waals surface area contributed by atoms with Crippen LogP contribution >= 0.6 is 0 Å². The summed E-state index contributed by atoms with van der Waals surface area (Å²) in [5.74, 6) is 0. The third kappa shape index (κ3) is 9.28. The van der Waals surface area contributed by atoms with Crippen LogP contribution in [-0.4, -0.2) is 0 Å². The standard InChI is InChI=1S/2Fe.2H2S/h;;2*1H2/q;+3;;/p-2. The molecule has 4 heavy (non-hydrogen) atoms. The normalized spacial score (nSPS) is 0. The molecule has 4 heteroatoms. The number of hydrogen-bond acceptors (Lipinski definition) is 2. The summed E-state index contributed by atoms with van der Waals surface area (Å²) in [7, 11) is 0. The van der Waals surface area contributed by atoms with Crippen molar-refractivity contribution in [3.63, 3.8) is 0 Å². The largest absolute Gasteiger partial charge is 3.00 e. The van der Waals surface area contributed by atoms with E-state index in [1.807, 2.05) is 0 Å². The third-order valence-corrected chi connectivity index (χ3v) is 0. The molecule has 0 aliphatic carbocycles. The predicted molar refractivity (Wildman–Crippen MR) is 17.5 cm³/mol. The van der Waals surface area contributed by atoms with Gasteiger partial charge >= 0.3 is 17.1 Å². The maximum absolute atomic E-state index is 0. The van der Waals surface area contributed by atoms with Crippen molar-refractivity contribution < 1.29 is 34.1 Å². The minimum atomic E-state index is 0. The van der Waals surface area contributed by atoms with Gasteiger partial charge in [-0.25, -0.2) is 0 Å². The molecule has 0 spiro atoms. The third-order valence-electron chi connectivity index (χ3n) is 0. The summed E-state index contributed by atoms with van der Waals surface area (Å²) in [4.78, 5) is 0. The van der Waals surface area contributed by atoms with Crippen molar-refractivity contribution in [2.75, 3.05) is 0 Å². The molecule has 0 fully saturated rings. The zero-order valence-corrected chi connectivity index (χ0v) is 5.60. The van der Waals surface area contributed by atoms with Gasteiger partial charge in [0.2, 0.25) is 0 Å². The molecule has 1 radical (unpaired) electrons. The number of rotatable bonds is 0. The second-order valence-corrected chi connectivity index (χ2v) is 0. The first-order chi connectivity index (χ1) is 0.